The highest BCUT2D eigenvalue weighted by atomic mass is 16.6. The van der Waals surface area contributed by atoms with E-state index in [0.29, 0.717) is 28.9 Å². The second-order valence-electron chi connectivity index (χ2n) is 6.86. The number of nitro benzene ring substituents is 1. The first-order chi connectivity index (χ1) is 15.1. The molecule has 0 amide bonds. The lowest BCUT2D eigenvalue weighted by atomic mass is 10.0. The van der Waals surface area contributed by atoms with Crippen molar-refractivity contribution in [3.63, 3.8) is 0 Å². The summed E-state index contributed by atoms with van der Waals surface area (Å²) in [7, 11) is 1.35. The lowest BCUT2D eigenvalue weighted by molar-refractivity contribution is -0.385. The highest BCUT2D eigenvalue weighted by Crippen LogP contribution is 2.32. The van der Waals surface area contributed by atoms with Crippen LogP contribution in [0.4, 0.5) is 5.69 Å². The molecule has 0 unspecified atom stereocenters. The van der Waals surface area contributed by atoms with Crippen LogP contribution in [-0.2, 0) is 6.42 Å². The number of benzene rings is 3. The van der Waals surface area contributed by atoms with E-state index in [4.69, 9.17) is 13.9 Å². The van der Waals surface area contributed by atoms with Gasteiger partial charge in [0.05, 0.1) is 29.6 Å². The Kier molecular flexibility index (Phi) is 5.66. The molecule has 0 bridgehead atoms. The molecule has 0 N–H and O–H groups in total. The van der Waals surface area contributed by atoms with Crippen molar-refractivity contribution in [1.82, 2.24) is 0 Å². The fourth-order valence-electron chi connectivity index (χ4n) is 3.33. The summed E-state index contributed by atoms with van der Waals surface area (Å²) in [5.74, 6) is 0.718. The Balaban J connectivity index is 1.60. The molecule has 1 aromatic heterocycles. The monoisotopic (exact) mass is 417 g/mol. The molecule has 4 aromatic rings. The molecule has 1 heterocycles. The van der Waals surface area contributed by atoms with Crippen molar-refractivity contribution < 1.29 is 18.8 Å². The van der Waals surface area contributed by atoms with Crippen molar-refractivity contribution in [3.8, 4) is 22.6 Å². The summed E-state index contributed by atoms with van der Waals surface area (Å²) < 4.78 is 16.5. The molecule has 0 spiro atoms. The summed E-state index contributed by atoms with van der Waals surface area (Å²) >= 11 is 0. The number of hydrogen-bond acceptors (Lipinski definition) is 6. The van der Waals surface area contributed by atoms with E-state index in [0.717, 1.165) is 6.42 Å². The van der Waals surface area contributed by atoms with Crippen molar-refractivity contribution in [2.24, 2.45) is 0 Å². The zero-order valence-corrected chi connectivity index (χ0v) is 16.7. The van der Waals surface area contributed by atoms with Crippen LogP contribution < -0.4 is 14.9 Å². The largest absolute Gasteiger partial charge is 0.493 e. The first-order valence-electron chi connectivity index (χ1n) is 9.62. The summed E-state index contributed by atoms with van der Waals surface area (Å²) in [5, 5.41) is 11.7. The predicted octanol–water partition coefficient (Wildman–Crippen LogP) is 5.00. The molecule has 3 aromatic carbocycles. The molecule has 0 fully saturated rings. The van der Waals surface area contributed by atoms with E-state index >= 15 is 0 Å². The molecule has 4 rings (SSSR count). The average molecular weight is 417 g/mol. The SMILES string of the molecule is COc1ccc(-c2coc3cc(OCCc4ccccc4)ccc3c2=O)cc1[N+](=O)[O-]. The van der Waals surface area contributed by atoms with Crippen LogP contribution in [0, 0.1) is 10.1 Å². The van der Waals surface area contributed by atoms with Crippen LogP contribution in [0.5, 0.6) is 11.5 Å². The van der Waals surface area contributed by atoms with Gasteiger partial charge >= 0.3 is 5.69 Å². The smallest absolute Gasteiger partial charge is 0.311 e. The van der Waals surface area contributed by atoms with Gasteiger partial charge in [0.2, 0.25) is 0 Å². The van der Waals surface area contributed by atoms with Gasteiger partial charge in [0, 0.05) is 18.6 Å². The van der Waals surface area contributed by atoms with Crippen molar-refractivity contribution in [2.45, 2.75) is 6.42 Å². The highest BCUT2D eigenvalue weighted by molar-refractivity contribution is 5.83. The zero-order chi connectivity index (χ0) is 21.8. The maximum atomic E-state index is 13.0. The lowest BCUT2D eigenvalue weighted by Gasteiger charge is -2.08. The van der Waals surface area contributed by atoms with Crippen LogP contribution in [0.3, 0.4) is 0 Å². The van der Waals surface area contributed by atoms with E-state index in [9.17, 15) is 14.9 Å². The Hall–Kier alpha value is -4.13. The van der Waals surface area contributed by atoms with E-state index in [-0.39, 0.29) is 22.4 Å². The number of nitro groups is 1. The maximum absolute atomic E-state index is 13.0. The fourth-order valence-corrected chi connectivity index (χ4v) is 3.33. The van der Waals surface area contributed by atoms with Crippen LogP contribution in [0.1, 0.15) is 5.56 Å². The fraction of sp³-hybridized carbons (Fsp3) is 0.125. The standard InChI is InChI=1S/C24H19NO6/c1-29-22-10-7-17(13-21(22)25(27)28)20-15-31-23-14-18(8-9-19(23)24(20)26)30-12-11-16-5-3-2-4-6-16/h2-10,13-15H,11-12H2,1H3. The van der Waals surface area contributed by atoms with Crippen LogP contribution in [-0.4, -0.2) is 18.6 Å². The number of nitrogens with zero attached hydrogens (tertiary/aromatic N) is 1. The second kappa shape index (κ2) is 8.71. The van der Waals surface area contributed by atoms with Crippen LogP contribution in [0.15, 0.2) is 82.2 Å². The summed E-state index contributed by atoms with van der Waals surface area (Å²) in [4.78, 5) is 23.7. The molecule has 0 aliphatic carbocycles. The first kappa shape index (κ1) is 20.2. The van der Waals surface area contributed by atoms with Gasteiger partial charge in [-0.3, -0.25) is 14.9 Å². The predicted molar refractivity (Wildman–Crippen MR) is 117 cm³/mol. The average Bonchev–Trinajstić information content (AvgIpc) is 2.79. The van der Waals surface area contributed by atoms with Crippen LogP contribution >= 0.6 is 0 Å². The van der Waals surface area contributed by atoms with Gasteiger partial charge in [0.15, 0.2) is 11.2 Å². The minimum Gasteiger partial charge on any atom is -0.493 e. The van der Waals surface area contributed by atoms with E-state index in [1.54, 1.807) is 24.3 Å². The van der Waals surface area contributed by atoms with E-state index in [1.165, 1.54) is 31.1 Å². The molecule has 31 heavy (non-hydrogen) atoms. The van der Waals surface area contributed by atoms with Crippen LogP contribution in [0.2, 0.25) is 0 Å². The molecule has 0 radical (unpaired) electrons. The Bertz CT molecular complexity index is 1300. The molecule has 0 aliphatic rings. The van der Waals surface area contributed by atoms with Gasteiger partial charge < -0.3 is 13.9 Å². The molecular weight excluding hydrogens is 398 g/mol. The Morgan fingerprint density at radius 2 is 1.84 bits per heavy atom. The van der Waals surface area contributed by atoms with Gasteiger partial charge in [0.25, 0.3) is 0 Å². The van der Waals surface area contributed by atoms with Crippen LogP contribution in [0.25, 0.3) is 22.1 Å². The number of rotatable bonds is 7. The number of hydrogen-bond donors (Lipinski definition) is 0. The van der Waals surface area contributed by atoms with Gasteiger partial charge in [-0.05, 0) is 35.4 Å². The van der Waals surface area contributed by atoms with E-state index in [2.05, 4.69) is 0 Å². The van der Waals surface area contributed by atoms with E-state index in [1.807, 2.05) is 30.3 Å². The minimum absolute atomic E-state index is 0.122. The third kappa shape index (κ3) is 4.25. The molecule has 0 saturated carbocycles. The Morgan fingerprint density at radius 3 is 2.58 bits per heavy atom. The number of ether oxygens (including phenoxy) is 2. The molecule has 0 atom stereocenters. The molecule has 0 saturated heterocycles. The summed E-state index contributed by atoms with van der Waals surface area (Å²) in [6.45, 7) is 0.493. The molecule has 7 heteroatoms. The Labute approximate surface area is 177 Å². The lowest BCUT2D eigenvalue weighted by Crippen LogP contribution is -2.06. The summed E-state index contributed by atoms with van der Waals surface area (Å²) in [5.41, 5.74) is 1.67. The minimum atomic E-state index is -0.552. The summed E-state index contributed by atoms with van der Waals surface area (Å²) in [6.07, 6.45) is 2.07. The van der Waals surface area contributed by atoms with Crippen molar-refractivity contribution >= 4 is 16.7 Å². The molecule has 0 aliphatic heterocycles. The quantitative estimate of drug-likeness (QED) is 0.310. The van der Waals surface area contributed by atoms with Gasteiger partial charge in [-0.15, -0.1) is 0 Å². The zero-order valence-electron chi connectivity index (χ0n) is 16.7. The van der Waals surface area contributed by atoms with Crippen molar-refractivity contribution in [1.29, 1.82) is 0 Å². The Morgan fingerprint density at radius 1 is 1.03 bits per heavy atom. The summed E-state index contributed by atoms with van der Waals surface area (Å²) in [6, 6.07) is 19.4. The third-order valence-electron chi connectivity index (χ3n) is 4.93. The second-order valence-corrected chi connectivity index (χ2v) is 6.86. The van der Waals surface area contributed by atoms with Gasteiger partial charge in [0.1, 0.15) is 17.6 Å². The van der Waals surface area contributed by atoms with E-state index < -0.39 is 4.92 Å². The maximum Gasteiger partial charge on any atom is 0.311 e. The molecule has 156 valence electrons. The third-order valence-corrected chi connectivity index (χ3v) is 4.93. The van der Waals surface area contributed by atoms with Gasteiger partial charge in [-0.1, -0.05) is 30.3 Å². The van der Waals surface area contributed by atoms with Crippen molar-refractivity contribution in [3.05, 3.63) is 98.9 Å². The van der Waals surface area contributed by atoms with Crippen molar-refractivity contribution in [2.75, 3.05) is 13.7 Å². The van der Waals surface area contributed by atoms with Gasteiger partial charge in [-0.2, -0.15) is 0 Å². The highest BCUT2D eigenvalue weighted by Gasteiger charge is 2.18. The first-order valence-corrected chi connectivity index (χ1v) is 9.62. The molecular formula is C24H19NO6. The van der Waals surface area contributed by atoms with Gasteiger partial charge in [-0.25, -0.2) is 0 Å². The number of fused-ring (bicyclic) bond motifs is 1. The number of methoxy groups -OCH3 is 1. The topological polar surface area (TPSA) is 91.8 Å². The normalized spacial score (nSPS) is 10.7. The molecule has 7 nitrogen and oxygen atoms in total.